The van der Waals surface area contributed by atoms with E-state index in [4.69, 9.17) is 4.74 Å². The van der Waals surface area contributed by atoms with Gasteiger partial charge in [-0.05, 0) is 32.2 Å². The molecule has 0 amide bonds. The van der Waals surface area contributed by atoms with Gasteiger partial charge in [0.1, 0.15) is 0 Å². The number of hydrogen-bond donors (Lipinski definition) is 1. The zero-order valence-corrected chi connectivity index (χ0v) is 9.99. The third-order valence-corrected chi connectivity index (χ3v) is 2.84. The average Bonchev–Trinajstić information content (AvgIpc) is 2.56. The first-order valence-electron chi connectivity index (χ1n) is 5.01. The maximum absolute atomic E-state index is 5.59. The molecule has 1 N–H and O–H groups in total. The van der Waals surface area contributed by atoms with Crippen molar-refractivity contribution in [3.8, 4) is 0 Å². The van der Waals surface area contributed by atoms with Crippen LogP contribution in [0.2, 0.25) is 0 Å². The molecule has 80 valence electrons. The zero-order chi connectivity index (χ0) is 10.4. The minimum absolute atomic E-state index is 0.0635. The van der Waals surface area contributed by atoms with Gasteiger partial charge in [0, 0.05) is 24.6 Å². The van der Waals surface area contributed by atoms with E-state index in [9.17, 15) is 0 Å². The molecule has 1 aromatic rings. The molecule has 1 heterocycles. The Bertz CT molecular complexity index is 244. The Hall–Kier alpha value is -0.380. The minimum atomic E-state index is -0.0635. The summed E-state index contributed by atoms with van der Waals surface area (Å²) in [7, 11) is 0. The molecule has 0 atom stereocenters. The largest absolute Gasteiger partial charge is 0.375 e. The summed E-state index contributed by atoms with van der Waals surface area (Å²) in [6.45, 7) is 8.84. The van der Waals surface area contributed by atoms with Crippen LogP contribution in [0.3, 0.4) is 0 Å². The topological polar surface area (TPSA) is 21.3 Å². The fraction of sp³-hybridized carbons (Fsp3) is 0.636. The van der Waals surface area contributed by atoms with Gasteiger partial charge in [-0.3, -0.25) is 0 Å². The van der Waals surface area contributed by atoms with E-state index in [-0.39, 0.29) is 5.60 Å². The van der Waals surface area contributed by atoms with E-state index in [2.05, 4.69) is 36.7 Å². The Morgan fingerprint density at radius 2 is 2.29 bits per heavy atom. The summed E-state index contributed by atoms with van der Waals surface area (Å²) in [4.78, 5) is 1.37. The minimum Gasteiger partial charge on any atom is -0.375 e. The molecule has 1 rings (SSSR count). The third kappa shape index (κ3) is 4.22. The molecule has 0 saturated heterocycles. The van der Waals surface area contributed by atoms with Gasteiger partial charge in [-0.15, -0.1) is 11.3 Å². The summed E-state index contributed by atoms with van der Waals surface area (Å²) < 4.78 is 5.59. The molecule has 0 aromatic carbocycles. The summed E-state index contributed by atoms with van der Waals surface area (Å²) in [5.41, 5.74) is -0.0635. The quantitative estimate of drug-likeness (QED) is 0.784. The lowest BCUT2D eigenvalue weighted by molar-refractivity contribution is -0.00893. The Kier molecular flexibility index (Phi) is 4.58. The molecule has 0 saturated carbocycles. The van der Waals surface area contributed by atoms with Crippen molar-refractivity contribution >= 4 is 11.3 Å². The van der Waals surface area contributed by atoms with E-state index in [0.29, 0.717) is 0 Å². The second kappa shape index (κ2) is 5.49. The lowest BCUT2D eigenvalue weighted by Crippen LogP contribution is -2.37. The Morgan fingerprint density at radius 1 is 1.50 bits per heavy atom. The van der Waals surface area contributed by atoms with Crippen molar-refractivity contribution in [1.82, 2.24) is 5.32 Å². The average molecular weight is 213 g/mol. The summed E-state index contributed by atoms with van der Waals surface area (Å²) in [5.74, 6) is 0. The summed E-state index contributed by atoms with van der Waals surface area (Å²) >= 11 is 1.78. The normalized spacial score (nSPS) is 11.9. The maximum atomic E-state index is 5.59. The molecule has 3 heteroatoms. The molecular formula is C11H19NOS. The van der Waals surface area contributed by atoms with Gasteiger partial charge in [-0.25, -0.2) is 0 Å². The van der Waals surface area contributed by atoms with Crippen molar-refractivity contribution < 1.29 is 4.74 Å². The van der Waals surface area contributed by atoms with Crippen molar-refractivity contribution in [2.45, 2.75) is 32.9 Å². The van der Waals surface area contributed by atoms with E-state index >= 15 is 0 Å². The van der Waals surface area contributed by atoms with Crippen molar-refractivity contribution in [3.05, 3.63) is 22.4 Å². The first-order valence-corrected chi connectivity index (χ1v) is 5.89. The van der Waals surface area contributed by atoms with Gasteiger partial charge in [0.05, 0.1) is 5.60 Å². The number of rotatable bonds is 6. The smallest absolute Gasteiger partial charge is 0.0750 e. The highest BCUT2D eigenvalue weighted by Gasteiger charge is 2.16. The van der Waals surface area contributed by atoms with Crippen LogP contribution in [-0.2, 0) is 11.3 Å². The van der Waals surface area contributed by atoms with Gasteiger partial charge in [0.2, 0.25) is 0 Å². The molecule has 1 aromatic heterocycles. The van der Waals surface area contributed by atoms with Crippen molar-refractivity contribution in [2.75, 3.05) is 13.2 Å². The summed E-state index contributed by atoms with van der Waals surface area (Å²) in [6, 6.07) is 4.22. The number of nitrogens with one attached hydrogen (secondary N) is 1. The molecular weight excluding hydrogens is 194 g/mol. The van der Waals surface area contributed by atoms with Crippen LogP contribution in [-0.4, -0.2) is 18.8 Å². The van der Waals surface area contributed by atoms with Gasteiger partial charge in [-0.1, -0.05) is 6.07 Å². The monoisotopic (exact) mass is 213 g/mol. The van der Waals surface area contributed by atoms with Crippen molar-refractivity contribution in [2.24, 2.45) is 0 Å². The molecule has 14 heavy (non-hydrogen) atoms. The third-order valence-electron chi connectivity index (χ3n) is 1.97. The molecule has 2 nitrogen and oxygen atoms in total. The molecule has 0 bridgehead atoms. The van der Waals surface area contributed by atoms with E-state index in [1.54, 1.807) is 11.3 Å². The molecule has 0 spiro atoms. The van der Waals surface area contributed by atoms with Crippen LogP contribution in [0.15, 0.2) is 17.5 Å². The van der Waals surface area contributed by atoms with E-state index in [1.165, 1.54) is 4.88 Å². The number of thiophene rings is 1. The zero-order valence-electron chi connectivity index (χ0n) is 9.17. The Morgan fingerprint density at radius 3 is 2.86 bits per heavy atom. The van der Waals surface area contributed by atoms with Gasteiger partial charge >= 0.3 is 0 Å². The van der Waals surface area contributed by atoms with Gasteiger partial charge in [0.25, 0.3) is 0 Å². The van der Waals surface area contributed by atoms with Crippen molar-refractivity contribution in [1.29, 1.82) is 0 Å². The molecule has 0 unspecified atom stereocenters. The van der Waals surface area contributed by atoms with E-state index in [1.807, 2.05) is 6.92 Å². The Balaban J connectivity index is 2.20. The predicted octanol–water partition coefficient (Wildman–Crippen LogP) is 2.65. The van der Waals surface area contributed by atoms with Crippen LogP contribution in [0.1, 0.15) is 25.6 Å². The standard InChI is InChI=1S/C11H19NOS/c1-4-13-11(2,3)9-12-8-10-6-5-7-14-10/h5-7,12H,4,8-9H2,1-3H3. The number of ether oxygens (including phenoxy) is 1. The SMILES string of the molecule is CCOC(C)(C)CNCc1cccs1. The first-order chi connectivity index (χ1) is 6.64. The molecule has 0 fully saturated rings. The second-order valence-corrected chi connectivity index (χ2v) is 4.91. The summed E-state index contributed by atoms with van der Waals surface area (Å²) in [6.07, 6.45) is 0. The molecule has 0 aliphatic heterocycles. The fourth-order valence-electron chi connectivity index (χ4n) is 1.34. The molecule has 0 aliphatic rings. The van der Waals surface area contributed by atoms with Gasteiger partial charge in [0.15, 0.2) is 0 Å². The van der Waals surface area contributed by atoms with Crippen LogP contribution in [0.4, 0.5) is 0 Å². The van der Waals surface area contributed by atoms with Crippen LogP contribution < -0.4 is 5.32 Å². The lowest BCUT2D eigenvalue weighted by atomic mass is 10.1. The maximum Gasteiger partial charge on any atom is 0.0750 e. The second-order valence-electron chi connectivity index (χ2n) is 3.88. The Labute approximate surface area is 90.3 Å². The van der Waals surface area contributed by atoms with E-state index < -0.39 is 0 Å². The first kappa shape index (κ1) is 11.7. The highest BCUT2D eigenvalue weighted by Crippen LogP contribution is 2.10. The highest BCUT2D eigenvalue weighted by atomic mass is 32.1. The van der Waals surface area contributed by atoms with Crippen LogP contribution in [0.5, 0.6) is 0 Å². The number of hydrogen-bond acceptors (Lipinski definition) is 3. The van der Waals surface area contributed by atoms with Crippen molar-refractivity contribution in [3.63, 3.8) is 0 Å². The van der Waals surface area contributed by atoms with Crippen LogP contribution in [0, 0.1) is 0 Å². The van der Waals surface area contributed by atoms with Gasteiger partial charge < -0.3 is 10.1 Å². The lowest BCUT2D eigenvalue weighted by Gasteiger charge is -2.24. The molecule has 0 radical (unpaired) electrons. The predicted molar refractivity (Wildman–Crippen MR) is 61.7 cm³/mol. The fourth-order valence-corrected chi connectivity index (χ4v) is 2.02. The molecule has 0 aliphatic carbocycles. The van der Waals surface area contributed by atoms with Gasteiger partial charge in [-0.2, -0.15) is 0 Å². The van der Waals surface area contributed by atoms with E-state index in [0.717, 1.165) is 19.7 Å². The van der Waals surface area contributed by atoms with Crippen LogP contribution >= 0.6 is 11.3 Å². The summed E-state index contributed by atoms with van der Waals surface area (Å²) in [5, 5.41) is 5.50. The van der Waals surface area contributed by atoms with Crippen LogP contribution in [0.25, 0.3) is 0 Å². The highest BCUT2D eigenvalue weighted by molar-refractivity contribution is 7.09.